The van der Waals surface area contributed by atoms with Crippen LogP contribution in [0.5, 0.6) is 0 Å². The van der Waals surface area contributed by atoms with Crippen molar-refractivity contribution in [1.82, 2.24) is 5.32 Å². The van der Waals surface area contributed by atoms with Crippen LogP contribution in [0, 0.1) is 5.92 Å². The van der Waals surface area contributed by atoms with Crippen LogP contribution in [0.15, 0.2) is 0 Å². The zero-order valence-corrected chi connectivity index (χ0v) is 9.01. The van der Waals surface area contributed by atoms with Crippen molar-refractivity contribution in [2.24, 2.45) is 5.92 Å². The molecule has 0 amide bonds. The van der Waals surface area contributed by atoms with E-state index in [0.29, 0.717) is 6.04 Å². The van der Waals surface area contributed by atoms with Gasteiger partial charge < -0.3 is 10.1 Å². The van der Waals surface area contributed by atoms with Crippen molar-refractivity contribution in [2.45, 2.75) is 45.1 Å². The molecule has 0 heterocycles. The number of ether oxygens (including phenoxy) is 1. The molecule has 1 aliphatic carbocycles. The van der Waals surface area contributed by atoms with Crippen LogP contribution in [0.3, 0.4) is 0 Å². The minimum Gasteiger partial charge on any atom is -0.380 e. The third-order valence-electron chi connectivity index (χ3n) is 2.73. The van der Waals surface area contributed by atoms with Crippen LogP contribution in [0.4, 0.5) is 0 Å². The Balaban J connectivity index is 1.88. The lowest BCUT2D eigenvalue weighted by molar-refractivity contribution is 0.106. The van der Waals surface area contributed by atoms with Gasteiger partial charge in [-0.15, -0.1) is 0 Å². The lowest BCUT2D eigenvalue weighted by atomic mass is 10.2. The van der Waals surface area contributed by atoms with Gasteiger partial charge in [0.2, 0.25) is 0 Å². The second kappa shape index (κ2) is 6.39. The summed E-state index contributed by atoms with van der Waals surface area (Å²) in [4.78, 5) is 0. The highest BCUT2D eigenvalue weighted by Crippen LogP contribution is 2.32. The van der Waals surface area contributed by atoms with Crippen molar-refractivity contribution >= 4 is 0 Å². The molecule has 1 N–H and O–H groups in total. The Hall–Kier alpha value is -0.0800. The van der Waals surface area contributed by atoms with Crippen LogP contribution >= 0.6 is 0 Å². The van der Waals surface area contributed by atoms with Crippen molar-refractivity contribution in [3.63, 3.8) is 0 Å². The molecule has 1 atom stereocenters. The van der Waals surface area contributed by atoms with Crippen LogP contribution in [-0.2, 0) is 4.74 Å². The molecule has 0 aromatic carbocycles. The zero-order valence-electron chi connectivity index (χ0n) is 9.01. The van der Waals surface area contributed by atoms with E-state index in [1.807, 2.05) is 7.05 Å². The Morgan fingerprint density at radius 3 is 2.77 bits per heavy atom. The first-order valence-electron chi connectivity index (χ1n) is 5.61. The maximum Gasteiger partial charge on any atom is 0.0619 e. The molecular formula is C11H23NO. The van der Waals surface area contributed by atoms with Crippen molar-refractivity contribution < 1.29 is 4.74 Å². The lowest BCUT2D eigenvalue weighted by Crippen LogP contribution is -2.30. The van der Waals surface area contributed by atoms with E-state index in [2.05, 4.69) is 12.2 Å². The van der Waals surface area contributed by atoms with Gasteiger partial charge in [-0.2, -0.15) is 0 Å². The van der Waals surface area contributed by atoms with Gasteiger partial charge >= 0.3 is 0 Å². The third kappa shape index (κ3) is 5.27. The first-order chi connectivity index (χ1) is 6.36. The highest BCUT2D eigenvalue weighted by atomic mass is 16.5. The molecule has 0 aliphatic heterocycles. The summed E-state index contributed by atoms with van der Waals surface area (Å²) >= 11 is 0. The molecule has 0 spiro atoms. The summed E-state index contributed by atoms with van der Waals surface area (Å²) in [6.45, 7) is 4.07. The third-order valence-corrected chi connectivity index (χ3v) is 2.73. The Kier molecular flexibility index (Phi) is 5.40. The van der Waals surface area contributed by atoms with Crippen molar-refractivity contribution in [2.75, 3.05) is 20.3 Å². The summed E-state index contributed by atoms with van der Waals surface area (Å²) in [5, 5.41) is 3.28. The monoisotopic (exact) mass is 185 g/mol. The predicted molar refractivity (Wildman–Crippen MR) is 55.9 cm³/mol. The standard InChI is InChI=1S/C11H23NO/c1-3-4-11(12-2)9-13-8-7-10-5-6-10/h10-12H,3-9H2,1-2H3. The molecule has 1 rings (SSSR count). The van der Waals surface area contributed by atoms with Gasteiger partial charge in [0, 0.05) is 12.6 Å². The van der Waals surface area contributed by atoms with E-state index < -0.39 is 0 Å². The van der Waals surface area contributed by atoms with Crippen LogP contribution in [0.2, 0.25) is 0 Å². The highest BCUT2D eigenvalue weighted by molar-refractivity contribution is 4.72. The van der Waals surface area contributed by atoms with E-state index in [4.69, 9.17) is 4.74 Å². The van der Waals surface area contributed by atoms with Crippen LogP contribution in [0.1, 0.15) is 39.0 Å². The Labute approximate surface area is 82.0 Å². The van der Waals surface area contributed by atoms with E-state index >= 15 is 0 Å². The van der Waals surface area contributed by atoms with E-state index in [1.165, 1.54) is 32.1 Å². The highest BCUT2D eigenvalue weighted by Gasteiger charge is 2.20. The van der Waals surface area contributed by atoms with E-state index in [9.17, 15) is 0 Å². The fourth-order valence-electron chi connectivity index (χ4n) is 1.54. The minimum atomic E-state index is 0.559. The van der Waals surface area contributed by atoms with E-state index in [1.54, 1.807) is 0 Å². The molecule has 13 heavy (non-hydrogen) atoms. The summed E-state index contributed by atoms with van der Waals surface area (Å²) in [6, 6.07) is 0.559. The number of rotatable bonds is 8. The van der Waals surface area contributed by atoms with Crippen LogP contribution in [-0.4, -0.2) is 26.3 Å². The molecule has 2 heteroatoms. The van der Waals surface area contributed by atoms with Gasteiger partial charge in [-0.3, -0.25) is 0 Å². The SMILES string of the molecule is CCCC(COCCC1CC1)NC. The average Bonchev–Trinajstić information content (AvgIpc) is 2.94. The first kappa shape index (κ1) is 11.0. The molecule has 78 valence electrons. The van der Waals surface area contributed by atoms with E-state index in [0.717, 1.165) is 19.1 Å². The smallest absolute Gasteiger partial charge is 0.0619 e. The van der Waals surface area contributed by atoms with Crippen molar-refractivity contribution in [3.8, 4) is 0 Å². The molecular weight excluding hydrogens is 162 g/mol. The van der Waals surface area contributed by atoms with Crippen molar-refractivity contribution in [3.05, 3.63) is 0 Å². The van der Waals surface area contributed by atoms with Crippen molar-refractivity contribution in [1.29, 1.82) is 0 Å². The zero-order chi connectivity index (χ0) is 9.52. The molecule has 0 aromatic rings. The molecule has 1 aliphatic rings. The van der Waals surface area contributed by atoms with Gasteiger partial charge in [0.25, 0.3) is 0 Å². The number of likely N-dealkylation sites (N-methyl/N-ethyl adjacent to an activating group) is 1. The molecule has 1 fully saturated rings. The maximum atomic E-state index is 5.63. The normalized spacial score (nSPS) is 18.9. The van der Waals surface area contributed by atoms with Gasteiger partial charge in [-0.1, -0.05) is 26.2 Å². The average molecular weight is 185 g/mol. The summed E-state index contributed by atoms with van der Waals surface area (Å²) in [7, 11) is 2.02. The Morgan fingerprint density at radius 2 is 2.23 bits per heavy atom. The quantitative estimate of drug-likeness (QED) is 0.585. The Bertz CT molecular complexity index is 123. The second-order valence-corrected chi connectivity index (χ2v) is 4.08. The molecule has 1 saturated carbocycles. The van der Waals surface area contributed by atoms with Gasteiger partial charge in [-0.05, 0) is 25.8 Å². The fourth-order valence-corrected chi connectivity index (χ4v) is 1.54. The largest absolute Gasteiger partial charge is 0.380 e. The van der Waals surface area contributed by atoms with Crippen LogP contribution in [0.25, 0.3) is 0 Å². The molecule has 2 nitrogen and oxygen atoms in total. The van der Waals surface area contributed by atoms with Gasteiger partial charge in [0.15, 0.2) is 0 Å². The molecule has 0 saturated heterocycles. The van der Waals surface area contributed by atoms with Crippen LogP contribution < -0.4 is 5.32 Å². The van der Waals surface area contributed by atoms with E-state index in [-0.39, 0.29) is 0 Å². The summed E-state index contributed by atoms with van der Waals surface area (Å²) in [5.74, 6) is 0.999. The Morgan fingerprint density at radius 1 is 1.46 bits per heavy atom. The summed E-state index contributed by atoms with van der Waals surface area (Å²) < 4.78 is 5.63. The maximum absolute atomic E-state index is 5.63. The van der Waals surface area contributed by atoms with Gasteiger partial charge in [0.1, 0.15) is 0 Å². The number of hydrogen-bond acceptors (Lipinski definition) is 2. The topological polar surface area (TPSA) is 21.3 Å². The van der Waals surface area contributed by atoms with Gasteiger partial charge in [-0.25, -0.2) is 0 Å². The molecule has 0 aromatic heterocycles. The minimum absolute atomic E-state index is 0.559. The molecule has 0 radical (unpaired) electrons. The first-order valence-corrected chi connectivity index (χ1v) is 5.61. The number of hydrogen-bond donors (Lipinski definition) is 1. The number of nitrogens with one attached hydrogen (secondary N) is 1. The summed E-state index contributed by atoms with van der Waals surface area (Å²) in [6.07, 6.45) is 6.61. The lowest BCUT2D eigenvalue weighted by Gasteiger charge is -2.15. The second-order valence-electron chi connectivity index (χ2n) is 4.08. The van der Waals surface area contributed by atoms with Gasteiger partial charge in [0.05, 0.1) is 6.61 Å². The predicted octanol–water partition coefficient (Wildman–Crippen LogP) is 2.19. The fraction of sp³-hybridized carbons (Fsp3) is 1.00. The summed E-state index contributed by atoms with van der Waals surface area (Å²) in [5.41, 5.74) is 0. The molecule has 1 unspecified atom stereocenters. The molecule has 0 bridgehead atoms.